The van der Waals surface area contributed by atoms with Crippen LogP contribution in [0, 0.1) is 0 Å². The van der Waals surface area contributed by atoms with Crippen LogP contribution in [0.15, 0.2) is 24.5 Å². The summed E-state index contributed by atoms with van der Waals surface area (Å²) < 4.78 is 62.3. The van der Waals surface area contributed by atoms with Crippen LogP contribution in [-0.4, -0.2) is 55.6 Å². The summed E-state index contributed by atoms with van der Waals surface area (Å²) in [6.45, 7) is 2.82. The lowest BCUT2D eigenvalue weighted by Gasteiger charge is -2.18. The first kappa shape index (κ1) is 23.7. The van der Waals surface area contributed by atoms with E-state index in [0.29, 0.717) is 35.7 Å². The number of amides is 1. The van der Waals surface area contributed by atoms with Gasteiger partial charge in [-0.2, -0.15) is 10.2 Å². The summed E-state index contributed by atoms with van der Waals surface area (Å²) in [4.78, 5) is 16.0. The minimum atomic E-state index is -4.77. The molecule has 1 aliphatic rings. The number of anilines is 2. The zero-order valence-electron chi connectivity index (χ0n) is 18.3. The fourth-order valence-corrected chi connectivity index (χ4v) is 3.79. The second kappa shape index (κ2) is 9.44. The lowest BCUT2D eigenvalue weighted by molar-refractivity contribution is -0.330. The fourth-order valence-electron chi connectivity index (χ4n) is 3.79. The predicted octanol–water partition coefficient (Wildman–Crippen LogP) is 3.95. The Morgan fingerprint density at radius 1 is 1.32 bits per heavy atom. The summed E-state index contributed by atoms with van der Waals surface area (Å²) in [5, 5.41) is 16.5. The third-order valence-electron chi connectivity index (χ3n) is 5.23. The van der Waals surface area contributed by atoms with E-state index >= 15 is 0 Å². The SMILES string of the molecule is CC(C)NC(=O)O[C@H]1CC[C@@H](c2cc(Nc3nccn4nc(COC(F)(F)F)cc34)n[nH]2)[C@H]1F. The van der Waals surface area contributed by atoms with E-state index in [1.54, 1.807) is 19.9 Å². The molecular weight excluding hydrogens is 462 g/mol. The molecule has 0 saturated heterocycles. The lowest BCUT2D eigenvalue weighted by Crippen LogP contribution is -2.36. The molecule has 3 aromatic rings. The van der Waals surface area contributed by atoms with Crippen molar-refractivity contribution >= 4 is 23.2 Å². The van der Waals surface area contributed by atoms with Gasteiger partial charge in [0.1, 0.15) is 24.4 Å². The molecule has 14 heteroatoms. The van der Waals surface area contributed by atoms with Crippen molar-refractivity contribution in [3.8, 4) is 0 Å². The molecule has 3 atom stereocenters. The van der Waals surface area contributed by atoms with Gasteiger partial charge >= 0.3 is 12.5 Å². The number of hydrogen-bond acceptors (Lipinski definition) is 7. The first-order chi connectivity index (χ1) is 16.1. The first-order valence-corrected chi connectivity index (χ1v) is 10.6. The number of fused-ring (bicyclic) bond motifs is 1. The third kappa shape index (κ3) is 5.55. The minimum Gasteiger partial charge on any atom is -0.443 e. The van der Waals surface area contributed by atoms with Crippen LogP contribution in [0.1, 0.15) is 44.0 Å². The van der Waals surface area contributed by atoms with Crippen LogP contribution in [0.25, 0.3) is 5.52 Å². The Balaban J connectivity index is 1.43. The molecule has 10 nitrogen and oxygen atoms in total. The summed E-state index contributed by atoms with van der Waals surface area (Å²) in [5.41, 5.74) is 0.988. The van der Waals surface area contributed by atoms with Crippen molar-refractivity contribution in [2.24, 2.45) is 0 Å². The largest absolute Gasteiger partial charge is 0.522 e. The van der Waals surface area contributed by atoms with E-state index in [1.165, 1.54) is 23.0 Å². The van der Waals surface area contributed by atoms with E-state index in [-0.39, 0.29) is 11.7 Å². The quantitative estimate of drug-likeness (QED) is 0.434. The summed E-state index contributed by atoms with van der Waals surface area (Å²) in [5.74, 6) is 0.0878. The van der Waals surface area contributed by atoms with Crippen molar-refractivity contribution < 1.29 is 31.8 Å². The van der Waals surface area contributed by atoms with Crippen molar-refractivity contribution in [3.05, 3.63) is 35.9 Å². The topological polar surface area (TPSA) is 118 Å². The average Bonchev–Trinajstić information content (AvgIpc) is 3.45. The zero-order chi connectivity index (χ0) is 24.5. The van der Waals surface area contributed by atoms with E-state index in [4.69, 9.17) is 4.74 Å². The molecule has 0 aromatic carbocycles. The molecule has 34 heavy (non-hydrogen) atoms. The van der Waals surface area contributed by atoms with E-state index < -0.39 is 37.3 Å². The van der Waals surface area contributed by atoms with Gasteiger partial charge in [-0.1, -0.05) is 0 Å². The summed E-state index contributed by atoms with van der Waals surface area (Å²) in [7, 11) is 0. The second-order valence-electron chi connectivity index (χ2n) is 8.18. The Labute approximate surface area is 191 Å². The maximum absolute atomic E-state index is 15.0. The molecule has 3 aromatic heterocycles. The molecule has 1 aliphatic carbocycles. The molecule has 0 radical (unpaired) electrons. The molecule has 0 spiro atoms. The van der Waals surface area contributed by atoms with E-state index in [0.717, 1.165) is 0 Å². The Kier molecular flexibility index (Phi) is 6.59. The number of alkyl carbamates (subject to hydrolysis) is 1. The Morgan fingerprint density at radius 2 is 2.12 bits per heavy atom. The van der Waals surface area contributed by atoms with Gasteiger partial charge in [0.25, 0.3) is 0 Å². The van der Waals surface area contributed by atoms with Crippen LogP contribution in [-0.2, 0) is 16.1 Å². The van der Waals surface area contributed by atoms with Crippen molar-refractivity contribution in [1.29, 1.82) is 0 Å². The predicted molar refractivity (Wildman–Crippen MR) is 111 cm³/mol. The number of alkyl halides is 4. The maximum atomic E-state index is 15.0. The number of hydrogen-bond donors (Lipinski definition) is 3. The molecule has 4 rings (SSSR count). The van der Waals surface area contributed by atoms with Gasteiger partial charge in [-0.15, -0.1) is 13.2 Å². The van der Waals surface area contributed by atoms with Gasteiger partial charge < -0.3 is 15.4 Å². The number of rotatable bonds is 7. The standard InChI is InChI=1S/C20H23F4N7O3/c1-10(2)26-19(32)34-15-4-3-12(17(15)21)13-8-16(29-28-13)27-18-14-7-11(9-33-20(22,23)24)30-31(14)6-5-25-18/h5-8,10,12,15,17H,3-4,9H2,1-2H3,(H,26,32)(H2,25,27,28,29)/t12-,15-,17+/m0/s1. The normalized spacial score (nSPS) is 20.7. The van der Waals surface area contributed by atoms with Crippen molar-refractivity contribution in [1.82, 2.24) is 30.1 Å². The molecule has 0 aliphatic heterocycles. The maximum Gasteiger partial charge on any atom is 0.522 e. The molecule has 1 amide bonds. The number of nitrogens with one attached hydrogen (secondary N) is 3. The number of aromatic amines is 1. The van der Waals surface area contributed by atoms with E-state index in [2.05, 4.69) is 35.7 Å². The van der Waals surface area contributed by atoms with Gasteiger partial charge in [0, 0.05) is 36.1 Å². The Hall–Kier alpha value is -3.42. The number of nitrogens with zero attached hydrogens (tertiary/aromatic N) is 4. The first-order valence-electron chi connectivity index (χ1n) is 10.6. The van der Waals surface area contributed by atoms with Gasteiger partial charge in [-0.3, -0.25) is 9.84 Å². The highest BCUT2D eigenvalue weighted by Gasteiger charge is 2.41. The van der Waals surface area contributed by atoms with Crippen molar-refractivity contribution in [3.63, 3.8) is 0 Å². The zero-order valence-corrected chi connectivity index (χ0v) is 18.3. The number of carbonyl (C=O) groups is 1. The molecule has 3 N–H and O–H groups in total. The second-order valence-corrected chi connectivity index (χ2v) is 8.18. The number of H-pyrrole nitrogens is 1. The minimum absolute atomic E-state index is 0.0647. The number of halogens is 4. The molecular formula is C20H23F4N7O3. The van der Waals surface area contributed by atoms with Crippen LogP contribution in [0.5, 0.6) is 0 Å². The molecule has 0 unspecified atom stereocenters. The average molecular weight is 485 g/mol. The van der Waals surface area contributed by atoms with Gasteiger partial charge in [0.15, 0.2) is 11.6 Å². The van der Waals surface area contributed by atoms with E-state index in [1.807, 2.05) is 0 Å². The van der Waals surface area contributed by atoms with E-state index in [9.17, 15) is 22.4 Å². The Bertz CT molecular complexity index is 1150. The fraction of sp³-hybridized carbons (Fsp3) is 0.500. The van der Waals surface area contributed by atoms with Gasteiger partial charge in [0.05, 0.1) is 5.69 Å². The molecule has 184 valence electrons. The molecule has 0 bridgehead atoms. The summed E-state index contributed by atoms with van der Waals surface area (Å²) in [6.07, 6.45) is -3.95. The van der Waals surface area contributed by atoms with Crippen LogP contribution in [0.3, 0.4) is 0 Å². The van der Waals surface area contributed by atoms with Crippen LogP contribution in [0.4, 0.5) is 34.0 Å². The number of aromatic nitrogens is 5. The molecule has 1 fully saturated rings. The van der Waals surface area contributed by atoms with Crippen LogP contribution >= 0.6 is 0 Å². The third-order valence-corrected chi connectivity index (χ3v) is 5.23. The van der Waals surface area contributed by atoms with Gasteiger partial charge in [0.2, 0.25) is 0 Å². The highest BCUT2D eigenvalue weighted by Crippen LogP contribution is 2.38. The van der Waals surface area contributed by atoms with Gasteiger partial charge in [-0.05, 0) is 32.8 Å². The molecule has 3 heterocycles. The highest BCUT2D eigenvalue weighted by atomic mass is 19.4. The van der Waals surface area contributed by atoms with Gasteiger partial charge in [-0.25, -0.2) is 18.7 Å². The summed E-state index contributed by atoms with van der Waals surface area (Å²) in [6, 6.07) is 2.90. The van der Waals surface area contributed by atoms with Crippen molar-refractivity contribution in [2.75, 3.05) is 5.32 Å². The Morgan fingerprint density at radius 3 is 2.85 bits per heavy atom. The monoisotopic (exact) mass is 485 g/mol. The van der Waals surface area contributed by atoms with Crippen molar-refractivity contribution in [2.45, 2.75) is 63.9 Å². The smallest absolute Gasteiger partial charge is 0.443 e. The lowest BCUT2D eigenvalue weighted by atomic mass is 10.0. The van der Waals surface area contributed by atoms with Crippen LogP contribution in [0.2, 0.25) is 0 Å². The highest BCUT2D eigenvalue weighted by molar-refractivity contribution is 5.72. The molecule has 1 saturated carbocycles. The summed E-state index contributed by atoms with van der Waals surface area (Å²) >= 11 is 0. The van der Waals surface area contributed by atoms with Crippen LogP contribution < -0.4 is 10.6 Å². The number of ether oxygens (including phenoxy) is 2. The number of carbonyl (C=O) groups excluding carboxylic acids is 1.